The number of nitrogens with two attached hydrogens (primary N) is 1. The molecular formula is C13H23N3O4S. The maximum Gasteiger partial charge on any atom is 0.235 e. The van der Waals surface area contributed by atoms with Gasteiger partial charge in [0.05, 0.1) is 5.25 Å². The highest BCUT2D eigenvalue weighted by molar-refractivity contribution is 7.89. The molecule has 1 unspecified atom stereocenters. The van der Waals surface area contributed by atoms with Gasteiger partial charge in [0.1, 0.15) is 5.92 Å². The Morgan fingerprint density at radius 2 is 1.76 bits per heavy atom. The van der Waals surface area contributed by atoms with Crippen molar-refractivity contribution >= 4 is 21.8 Å². The van der Waals surface area contributed by atoms with Crippen molar-refractivity contribution in [1.29, 1.82) is 0 Å². The van der Waals surface area contributed by atoms with Crippen molar-refractivity contribution in [2.45, 2.75) is 44.4 Å². The first kappa shape index (κ1) is 16.2. The van der Waals surface area contributed by atoms with E-state index in [0.29, 0.717) is 38.9 Å². The zero-order valence-electron chi connectivity index (χ0n) is 12.5. The molecule has 120 valence electrons. The average Bonchev–Trinajstić information content (AvgIpc) is 2.80. The smallest absolute Gasteiger partial charge is 0.235 e. The second-order valence-corrected chi connectivity index (χ2v) is 8.49. The van der Waals surface area contributed by atoms with E-state index >= 15 is 0 Å². The van der Waals surface area contributed by atoms with Gasteiger partial charge in [0, 0.05) is 25.7 Å². The van der Waals surface area contributed by atoms with E-state index in [4.69, 9.17) is 5.73 Å². The summed E-state index contributed by atoms with van der Waals surface area (Å²) in [4.78, 5) is 25.0. The lowest BCUT2D eigenvalue weighted by Crippen LogP contribution is -2.49. The molecule has 0 spiro atoms. The monoisotopic (exact) mass is 317 g/mol. The Kier molecular flexibility index (Phi) is 4.57. The van der Waals surface area contributed by atoms with Crippen LogP contribution in [0.25, 0.3) is 0 Å². The fourth-order valence-electron chi connectivity index (χ4n) is 3.03. The van der Waals surface area contributed by atoms with Crippen LogP contribution < -0.4 is 5.73 Å². The molecule has 0 saturated carbocycles. The van der Waals surface area contributed by atoms with E-state index in [1.54, 1.807) is 18.7 Å². The highest BCUT2D eigenvalue weighted by Crippen LogP contribution is 2.27. The summed E-state index contributed by atoms with van der Waals surface area (Å²) in [6.45, 7) is 4.73. The molecule has 0 aromatic rings. The summed E-state index contributed by atoms with van der Waals surface area (Å²) in [7, 11) is -3.23. The van der Waals surface area contributed by atoms with Gasteiger partial charge in [-0.15, -0.1) is 0 Å². The standard InChI is InChI=1S/C13H23N3O4S/c1-9(2)21(19,20)15-6-3-10(4-7-15)16-8-5-11(12(14)17)13(16)18/h9-11H,3-8H2,1-2H3,(H2,14,17). The summed E-state index contributed by atoms with van der Waals surface area (Å²) in [6.07, 6.45) is 1.70. The van der Waals surface area contributed by atoms with Crippen LogP contribution in [0.15, 0.2) is 0 Å². The molecule has 2 aliphatic rings. The molecule has 21 heavy (non-hydrogen) atoms. The molecule has 2 amide bonds. The Bertz CT molecular complexity index is 524. The molecule has 2 rings (SSSR count). The molecule has 0 aromatic heterocycles. The third-order valence-electron chi connectivity index (χ3n) is 4.40. The lowest BCUT2D eigenvalue weighted by molar-refractivity contribution is -0.138. The molecule has 0 radical (unpaired) electrons. The molecule has 2 aliphatic heterocycles. The Labute approximate surface area is 125 Å². The van der Waals surface area contributed by atoms with E-state index in [0.717, 1.165) is 0 Å². The van der Waals surface area contributed by atoms with Gasteiger partial charge in [0.25, 0.3) is 0 Å². The van der Waals surface area contributed by atoms with Gasteiger partial charge in [-0.3, -0.25) is 9.59 Å². The fourth-order valence-corrected chi connectivity index (χ4v) is 4.35. The van der Waals surface area contributed by atoms with Gasteiger partial charge in [-0.2, -0.15) is 0 Å². The molecule has 2 N–H and O–H groups in total. The number of nitrogens with zero attached hydrogens (tertiary/aromatic N) is 2. The van der Waals surface area contributed by atoms with Crippen LogP contribution in [0, 0.1) is 5.92 Å². The molecular weight excluding hydrogens is 294 g/mol. The van der Waals surface area contributed by atoms with Crippen molar-refractivity contribution in [1.82, 2.24) is 9.21 Å². The van der Waals surface area contributed by atoms with E-state index < -0.39 is 27.1 Å². The number of primary amides is 1. The predicted molar refractivity (Wildman–Crippen MR) is 77.7 cm³/mol. The second-order valence-electron chi connectivity index (χ2n) is 6.00. The van der Waals surface area contributed by atoms with Gasteiger partial charge in [0.15, 0.2) is 0 Å². The Morgan fingerprint density at radius 1 is 1.19 bits per heavy atom. The topological polar surface area (TPSA) is 101 Å². The molecule has 2 heterocycles. The summed E-state index contributed by atoms with van der Waals surface area (Å²) in [5, 5.41) is -0.429. The van der Waals surface area contributed by atoms with E-state index in [2.05, 4.69) is 0 Å². The van der Waals surface area contributed by atoms with Gasteiger partial charge < -0.3 is 10.6 Å². The summed E-state index contributed by atoms with van der Waals surface area (Å²) in [5.74, 6) is -1.47. The zero-order valence-corrected chi connectivity index (χ0v) is 13.3. The number of sulfonamides is 1. The number of carbonyl (C=O) groups excluding carboxylic acids is 2. The Morgan fingerprint density at radius 3 is 2.19 bits per heavy atom. The van der Waals surface area contributed by atoms with Crippen LogP contribution in [0.4, 0.5) is 0 Å². The van der Waals surface area contributed by atoms with Crippen LogP contribution in [-0.4, -0.2) is 60.4 Å². The maximum absolute atomic E-state index is 12.1. The number of carbonyl (C=O) groups is 2. The van der Waals surface area contributed by atoms with Crippen molar-refractivity contribution in [3.8, 4) is 0 Å². The average molecular weight is 317 g/mol. The first-order valence-corrected chi connectivity index (χ1v) is 8.84. The number of rotatable bonds is 4. The SMILES string of the molecule is CC(C)S(=O)(=O)N1CCC(N2CCC(C(N)=O)C2=O)CC1. The van der Waals surface area contributed by atoms with E-state index in [-0.39, 0.29) is 11.9 Å². The zero-order chi connectivity index (χ0) is 15.8. The van der Waals surface area contributed by atoms with Crippen LogP contribution >= 0.6 is 0 Å². The van der Waals surface area contributed by atoms with Gasteiger partial charge >= 0.3 is 0 Å². The summed E-state index contributed by atoms with van der Waals surface area (Å²) in [5.41, 5.74) is 5.22. The summed E-state index contributed by atoms with van der Waals surface area (Å²) >= 11 is 0. The summed E-state index contributed by atoms with van der Waals surface area (Å²) in [6, 6.07) is 0.0143. The summed E-state index contributed by atoms with van der Waals surface area (Å²) < 4.78 is 25.7. The van der Waals surface area contributed by atoms with Crippen molar-refractivity contribution in [2.75, 3.05) is 19.6 Å². The number of piperidine rings is 1. The van der Waals surface area contributed by atoms with Crippen LogP contribution in [-0.2, 0) is 19.6 Å². The normalized spacial score (nSPS) is 25.8. The molecule has 0 aliphatic carbocycles. The van der Waals surface area contributed by atoms with E-state index in [9.17, 15) is 18.0 Å². The molecule has 2 saturated heterocycles. The lowest BCUT2D eigenvalue weighted by Gasteiger charge is -2.36. The lowest BCUT2D eigenvalue weighted by atomic mass is 10.0. The molecule has 2 fully saturated rings. The Hall–Kier alpha value is -1.15. The quantitative estimate of drug-likeness (QED) is 0.708. The first-order valence-electron chi connectivity index (χ1n) is 7.34. The number of amides is 2. The van der Waals surface area contributed by atoms with Crippen molar-refractivity contribution in [3.63, 3.8) is 0 Å². The third-order valence-corrected chi connectivity index (χ3v) is 6.68. The highest BCUT2D eigenvalue weighted by atomic mass is 32.2. The van der Waals surface area contributed by atoms with Gasteiger partial charge in [-0.25, -0.2) is 12.7 Å². The largest absolute Gasteiger partial charge is 0.369 e. The van der Waals surface area contributed by atoms with E-state index in [1.165, 1.54) is 4.31 Å². The van der Waals surface area contributed by atoms with Crippen LogP contribution in [0.3, 0.4) is 0 Å². The van der Waals surface area contributed by atoms with Crippen molar-refractivity contribution in [2.24, 2.45) is 11.7 Å². The van der Waals surface area contributed by atoms with Crippen LogP contribution in [0.1, 0.15) is 33.1 Å². The highest BCUT2D eigenvalue weighted by Gasteiger charge is 2.41. The maximum atomic E-state index is 12.1. The van der Waals surface area contributed by atoms with Crippen LogP contribution in [0.2, 0.25) is 0 Å². The first-order chi connectivity index (χ1) is 9.75. The van der Waals surface area contributed by atoms with Gasteiger partial charge in [-0.05, 0) is 33.1 Å². The van der Waals surface area contributed by atoms with Crippen LogP contribution in [0.5, 0.6) is 0 Å². The van der Waals surface area contributed by atoms with Crippen molar-refractivity contribution < 1.29 is 18.0 Å². The number of hydrogen-bond donors (Lipinski definition) is 1. The fraction of sp³-hybridized carbons (Fsp3) is 0.846. The Balaban J connectivity index is 1.97. The molecule has 1 atom stereocenters. The molecule has 8 heteroatoms. The van der Waals surface area contributed by atoms with Gasteiger partial charge in [-0.1, -0.05) is 0 Å². The number of likely N-dealkylation sites (tertiary alicyclic amines) is 1. The van der Waals surface area contributed by atoms with Gasteiger partial charge in [0.2, 0.25) is 21.8 Å². The minimum Gasteiger partial charge on any atom is -0.369 e. The second kappa shape index (κ2) is 5.92. The molecule has 0 bridgehead atoms. The minimum atomic E-state index is -3.23. The molecule has 0 aromatic carbocycles. The number of hydrogen-bond acceptors (Lipinski definition) is 4. The predicted octanol–water partition coefficient (Wildman–Crippen LogP) is -0.477. The van der Waals surface area contributed by atoms with E-state index in [1.807, 2.05) is 0 Å². The molecule has 7 nitrogen and oxygen atoms in total. The third kappa shape index (κ3) is 3.06. The minimum absolute atomic E-state index is 0.0143. The van der Waals surface area contributed by atoms with Crippen molar-refractivity contribution in [3.05, 3.63) is 0 Å².